The molecule has 4 rings (SSSR count). The van der Waals surface area contributed by atoms with Crippen molar-refractivity contribution in [2.45, 2.75) is 4.90 Å². The fourth-order valence-corrected chi connectivity index (χ4v) is 6.87. The number of fused-ring (bicyclic) bond motifs is 3. The minimum absolute atomic E-state index is 0.688. The zero-order valence-corrected chi connectivity index (χ0v) is 13.4. The summed E-state index contributed by atoms with van der Waals surface area (Å²) in [5, 5.41) is 0.780. The van der Waals surface area contributed by atoms with Gasteiger partial charge in [0.2, 0.25) is 0 Å². The number of hydrogen-bond acceptors (Lipinski definition) is 3. The lowest BCUT2D eigenvalue weighted by molar-refractivity contribution is 0.508. The van der Waals surface area contributed by atoms with Crippen LogP contribution in [-0.4, -0.2) is 0 Å². The molecule has 0 spiro atoms. The van der Waals surface area contributed by atoms with Crippen molar-refractivity contribution in [3.05, 3.63) is 78.9 Å². The van der Waals surface area contributed by atoms with E-state index in [9.17, 15) is 4.57 Å². The Balaban J connectivity index is 1.87. The molecule has 0 amide bonds. The maximum atomic E-state index is 13.5. The van der Waals surface area contributed by atoms with Crippen molar-refractivity contribution in [2.24, 2.45) is 0 Å². The summed E-state index contributed by atoms with van der Waals surface area (Å²) < 4.78 is 19.5. The molecule has 0 saturated carbocycles. The lowest BCUT2D eigenvalue weighted by Crippen LogP contribution is -2.15. The van der Waals surface area contributed by atoms with Crippen LogP contribution in [0.5, 0.6) is 5.75 Å². The molecule has 1 atom stereocenters. The molecule has 3 aromatic carbocycles. The second-order valence-corrected chi connectivity index (χ2v) is 9.31. The zero-order chi connectivity index (χ0) is 15.0. The monoisotopic (exact) mass is 324 g/mol. The van der Waals surface area contributed by atoms with E-state index in [2.05, 4.69) is 0 Å². The van der Waals surface area contributed by atoms with E-state index in [-0.39, 0.29) is 0 Å². The van der Waals surface area contributed by atoms with Gasteiger partial charge in [0.15, 0.2) is 0 Å². The van der Waals surface area contributed by atoms with E-state index in [4.69, 9.17) is 4.52 Å². The van der Waals surface area contributed by atoms with E-state index in [0.717, 1.165) is 21.3 Å². The van der Waals surface area contributed by atoms with Gasteiger partial charge in [0.25, 0.3) is 0 Å². The Morgan fingerprint density at radius 1 is 0.727 bits per heavy atom. The van der Waals surface area contributed by atoms with Gasteiger partial charge in [0.1, 0.15) is 5.75 Å². The summed E-state index contributed by atoms with van der Waals surface area (Å²) >= 11 is 1.31. The first-order valence-electron chi connectivity index (χ1n) is 6.99. The average Bonchev–Trinajstić information content (AvgIpc) is 2.56. The van der Waals surface area contributed by atoms with Crippen LogP contribution >= 0.6 is 18.0 Å². The number of benzene rings is 3. The van der Waals surface area contributed by atoms with Gasteiger partial charge in [-0.1, -0.05) is 54.6 Å². The first-order chi connectivity index (χ1) is 10.8. The molecular weight excluding hydrogens is 311 g/mol. The SMILES string of the molecule is O=P1(Sc2ccccc2)Oc2ccccc2-c2ccccc21. The minimum atomic E-state index is -3.04. The maximum Gasteiger partial charge on any atom is 0.338 e. The van der Waals surface area contributed by atoms with E-state index in [1.165, 1.54) is 11.4 Å². The normalized spacial score (nSPS) is 18.9. The molecule has 4 heteroatoms. The van der Waals surface area contributed by atoms with Gasteiger partial charge in [-0.25, -0.2) is 0 Å². The Kier molecular flexibility index (Phi) is 3.33. The van der Waals surface area contributed by atoms with Gasteiger partial charge in [-0.3, -0.25) is 4.57 Å². The molecule has 0 aromatic heterocycles. The molecule has 1 aliphatic rings. The van der Waals surface area contributed by atoms with Crippen molar-refractivity contribution in [3.8, 4) is 16.9 Å². The summed E-state index contributed by atoms with van der Waals surface area (Å²) in [5.41, 5.74) is 1.99. The standard InChI is InChI=1S/C18H13O2PS/c19-21(22-14-8-2-1-3-9-14)18-13-7-5-11-16(18)15-10-4-6-12-17(15)20-21/h1-13H. The van der Waals surface area contributed by atoms with E-state index in [0.29, 0.717) is 5.75 Å². The molecule has 0 aliphatic carbocycles. The highest BCUT2D eigenvalue weighted by Crippen LogP contribution is 2.65. The Morgan fingerprint density at radius 3 is 2.18 bits per heavy atom. The molecule has 0 saturated heterocycles. The molecule has 1 heterocycles. The first kappa shape index (κ1) is 13.7. The van der Waals surface area contributed by atoms with Gasteiger partial charge >= 0.3 is 6.57 Å². The highest BCUT2D eigenvalue weighted by atomic mass is 32.7. The Morgan fingerprint density at radius 2 is 1.36 bits per heavy atom. The summed E-state index contributed by atoms with van der Waals surface area (Å²) in [7, 11) is 0. The van der Waals surface area contributed by atoms with Crippen molar-refractivity contribution in [1.82, 2.24) is 0 Å². The Hall–Kier alpha value is -1.96. The summed E-state index contributed by atoms with van der Waals surface area (Å²) in [6, 6.07) is 25.3. The lowest BCUT2D eigenvalue weighted by Gasteiger charge is -2.27. The van der Waals surface area contributed by atoms with Crippen LogP contribution in [0.4, 0.5) is 0 Å². The molecule has 0 N–H and O–H groups in total. The molecule has 1 aliphatic heterocycles. The summed E-state index contributed by atoms with van der Waals surface area (Å²) in [4.78, 5) is 0.944. The zero-order valence-electron chi connectivity index (χ0n) is 11.7. The van der Waals surface area contributed by atoms with Gasteiger partial charge in [-0.15, -0.1) is 0 Å². The number of rotatable bonds is 2. The van der Waals surface area contributed by atoms with Crippen molar-refractivity contribution < 1.29 is 9.09 Å². The molecule has 0 bridgehead atoms. The molecule has 2 nitrogen and oxygen atoms in total. The fraction of sp³-hybridized carbons (Fsp3) is 0. The molecule has 22 heavy (non-hydrogen) atoms. The number of hydrogen-bond donors (Lipinski definition) is 0. The number of para-hydroxylation sites is 1. The van der Waals surface area contributed by atoms with Crippen LogP contribution in [0.25, 0.3) is 11.1 Å². The van der Waals surface area contributed by atoms with Gasteiger partial charge in [0, 0.05) is 16.0 Å². The molecular formula is C18H13O2PS. The third-order valence-electron chi connectivity index (χ3n) is 3.56. The van der Waals surface area contributed by atoms with Crippen molar-refractivity contribution in [1.29, 1.82) is 0 Å². The highest BCUT2D eigenvalue weighted by molar-refractivity contribution is 8.59. The minimum Gasteiger partial charge on any atom is -0.432 e. The molecule has 1 unspecified atom stereocenters. The second kappa shape index (κ2) is 5.35. The predicted octanol–water partition coefficient (Wildman–Crippen LogP) is 5.36. The van der Waals surface area contributed by atoms with Crippen molar-refractivity contribution in [2.75, 3.05) is 0 Å². The van der Waals surface area contributed by atoms with Crippen LogP contribution < -0.4 is 9.83 Å². The fourth-order valence-electron chi connectivity index (χ4n) is 2.58. The van der Waals surface area contributed by atoms with Crippen LogP contribution in [-0.2, 0) is 4.57 Å². The molecule has 3 aromatic rings. The van der Waals surface area contributed by atoms with Gasteiger partial charge in [-0.2, -0.15) is 0 Å². The van der Waals surface area contributed by atoms with Gasteiger partial charge < -0.3 is 4.52 Å². The lowest BCUT2D eigenvalue weighted by atomic mass is 10.0. The second-order valence-electron chi connectivity index (χ2n) is 5.01. The van der Waals surface area contributed by atoms with Crippen LogP contribution in [0, 0.1) is 0 Å². The summed E-state index contributed by atoms with van der Waals surface area (Å²) in [5.74, 6) is 0.688. The smallest absolute Gasteiger partial charge is 0.338 e. The Bertz CT molecular complexity index is 871. The average molecular weight is 324 g/mol. The molecule has 0 fully saturated rings. The van der Waals surface area contributed by atoms with Gasteiger partial charge in [0.05, 0.1) is 5.30 Å². The van der Waals surface area contributed by atoms with E-state index in [1.54, 1.807) is 0 Å². The van der Waals surface area contributed by atoms with Crippen LogP contribution in [0.3, 0.4) is 0 Å². The van der Waals surface area contributed by atoms with Crippen molar-refractivity contribution >= 4 is 23.3 Å². The molecule has 108 valence electrons. The summed E-state index contributed by atoms with van der Waals surface area (Å²) in [6.07, 6.45) is 0. The van der Waals surface area contributed by atoms with Crippen LogP contribution in [0.15, 0.2) is 83.8 Å². The third kappa shape index (κ3) is 2.27. The molecule has 0 radical (unpaired) electrons. The topological polar surface area (TPSA) is 26.3 Å². The van der Waals surface area contributed by atoms with Crippen LogP contribution in [0.2, 0.25) is 0 Å². The van der Waals surface area contributed by atoms with Crippen molar-refractivity contribution in [3.63, 3.8) is 0 Å². The van der Waals surface area contributed by atoms with E-state index < -0.39 is 6.57 Å². The third-order valence-corrected chi connectivity index (χ3v) is 7.87. The highest BCUT2D eigenvalue weighted by Gasteiger charge is 2.36. The first-order valence-corrected chi connectivity index (χ1v) is 10.0. The van der Waals surface area contributed by atoms with E-state index >= 15 is 0 Å². The van der Waals surface area contributed by atoms with Crippen LogP contribution in [0.1, 0.15) is 0 Å². The van der Waals surface area contributed by atoms with Gasteiger partial charge in [-0.05, 0) is 35.6 Å². The summed E-state index contributed by atoms with van der Waals surface area (Å²) in [6.45, 7) is -3.04. The largest absolute Gasteiger partial charge is 0.432 e. The van der Waals surface area contributed by atoms with E-state index in [1.807, 2.05) is 78.9 Å². The Labute approximate surface area is 133 Å². The quantitative estimate of drug-likeness (QED) is 0.594. The predicted molar refractivity (Wildman–Crippen MR) is 92.0 cm³/mol. The maximum absolute atomic E-state index is 13.5.